The number of hydrazine groups is 1. The Morgan fingerprint density at radius 3 is 2.70 bits per heavy atom. The lowest BCUT2D eigenvalue weighted by Gasteiger charge is -1.86. The Morgan fingerprint density at radius 2 is 2.30 bits per heavy atom. The predicted octanol–water partition coefficient (Wildman–Crippen LogP) is 1.08. The molecule has 0 bridgehead atoms. The maximum Gasteiger partial charge on any atom is 0.292 e. The number of nitroso groups, excluding NO2 is 1. The standard InChI is InChI=1S/C7H8N2O/c1-6-2-4-7(5-3-6)9(8)10/h2,4-5H,1H3,(H2,8,10)/q+1. The number of benzene rings is 1. The summed E-state index contributed by atoms with van der Waals surface area (Å²) in [6.45, 7) is 1.90. The Kier molecular flexibility index (Phi) is 1.67. The summed E-state index contributed by atoms with van der Waals surface area (Å²) in [6, 6.07) is 7.85. The van der Waals surface area contributed by atoms with Crippen LogP contribution in [0.3, 0.4) is 0 Å². The van der Waals surface area contributed by atoms with Crippen molar-refractivity contribution >= 4 is 5.69 Å². The Morgan fingerprint density at radius 1 is 1.60 bits per heavy atom. The normalized spacial score (nSPS) is 9.30. The average Bonchev–Trinajstić information content (AvgIpc) is 1.88. The molecule has 1 aromatic rings. The van der Waals surface area contributed by atoms with Gasteiger partial charge < -0.3 is 0 Å². The first kappa shape index (κ1) is 6.74. The van der Waals surface area contributed by atoms with Crippen LogP contribution >= 0.6 is 0 Å². The van der Waals surface area contributed by atoms with E-state index in [4.69, 9.17) is 5.84 Å². The van der Waals surface area contributed by atoms with Gasteiger partial charge >= 0.3 is 0 Å². The van der Waals surface area contributed by atoms with E-state index >= 15 is 0 Å². The number of nitrogens with two attached hydrogens (primary N) is 1. The zero-order valence-corrected chi connectivity index (χ0v) is 5.66. The third-order valence-electron chi connectivity index (χ3n) is 1.21. The van der Waals surface area contributed by atoms with Crippen molar-refractivity contribution in [3.8, 4) is 0 Å². The van der Waals surface area contributed by atoms with Gasteiger partial charge in [0.15, 0.2) is 4.87 Å². The van der Waals surface area contributed by atoms with Crippen LogP contribution in [0.1, 0.15) is 5.56 Å². The summed E-state index contributed by atoms with van der Waals surface area (Å²) in [5.74, 6) is 4.92. The molecule has 51 valence electrons. The molecule has 0 unspecified atom stereocenters. The molecule has 0 aliphatic carbocycles. The fourth-order valence-electron chi connectivity index (χ4n) is 0.631. The zero-order chi connectivity index (χ0) is 7.56. The maximum absolute atomic E-state index is 10.4. The summed E-state index contributed by atoms with van der Waals surface area (Å²) >= 11 is 0. The van der Waals surface area contributed by atoms with E-state index in [1.54, 1.807) is 18.2 Å². The van der Waals surface area contributed by atoms with E-state index in [9.17, 15) is 4.91 Å². The second kappa shape index (κ2) is 2.47. The zero-order valence-electron chi connectivity index (χ0n) is 5.66. The number of aryl methyl sites for hydroxylation is 1. The Hall–Kier alpha value is -1.38. The molecular formula is C7H8N2O+. The molecule has 0 spiro atoms. The molecular weight excluding hydrogens is 128 g/mol. The third kappa shape index (κ3) is 1.31. The second-order valence-corrected chi connectivity index (χ2v) is 2.06. The smallest absolute Gasteiger partial charge is 0.159 e. The summed E-state index contributed by atoms with van der Waals surface area (Å²) in [5.41, 5.74) is 1.41. The summed E-state index contributed by atoms with van der Waals surface area (Å²) in [6.07, 6.45) is 0. The highest BCUT2D eigenvalue weighted by Crippen LogP contribution is 2.07. The number of nitrogens with zero attached hydrogens (tertiary/aromatic N) is 1. The maximum atomic E-state index is 10.4. The molecule has 3 heteroatoms. The van der Waals surface area contributed by atoms with Crippen LogP contribution in [-0.2, 0) is 0 Å². The number of hydrogen-bond donors (Lipinski definition) is 1. The summed E-state index contributed by atoms with van der Waals surface area (Å²) in [7, 11) is 0. The molecule has 10 heavy (non-hydrogen) atoms. The van der Waals surface area contributed by atoms with E-state index in [0.29, 0.717) is 10.6 Å². The van der Waals surface area contributed by atoms with Gasteiger partial charge in [-0.3, -0.25) is 0 Å². The molecule has 1 radical (unpaired) electrons. The number of rotatable bonds is 1. The fourth-order valence-corrected chi connectivity index (χ4v) is 0.631. The van der Waals surface area contributed by atoms with Gasteiger partial charge in [0.2, 0.25) is 0 Å². The van der Waals surface area contributed by atoms with Crippen molar-refractivity contribution in [1.29, 1.82) is 0 Å². The monoisotopic (exact) mass is 136 g/mol. The molecule has 0 atom stereocenters. The first-order valence-electron chi connectivity index (χ1n) is 2.90. The lowest BCUT2D eigenvalue weighted by atomic mass is 10.2. The van der Waals surface area contributed by atoms with Crippen molar-refractivity contribution < 1.29 is 4.87 Å². The molecule has 1 rings (SSSR count). The SMILES string of the molecule is Cc1[c]cc([N+](N)=O)cc1. The molecule has 0 aliphatic heterocycles. The van der Waals surface area contributed by atoms with Crippen LogP contribution in [-0.4, -0.2) is 4.87 Å². The highest BCUT2D eigenvalue weighted by molar-refractivity contribution is 5.30. The van der Waals surface area contributed by atoms with Crippen LogP contribution in [0.2, 0.25) is 0 Å². The first-order chi connectivity index (χ1) is 4.70. The fraction of sp³-hybridized carbons (Fsp3) is 0.143. The molecule has 0 fully saturated rings. The Bertz CT molecular complexity index is 240. The topological polar surface area (TPSA) is 46.1 Å². The minimum atomic E-state index is 0.315. The van der Waals surface area contributed by atoms with Crippen molar-refractivity contribution in [3.05, 3.63) is 34.7 Å². The van der Waals surface area contributed by atoms with Crippen molar-refractivity contribution in [2.24, 2.45) is 5.84 Å². The lowest BCUT2D eigenvalue weighted by Crippen LogP contribution is -2.08. The first-order valence-corrected chi connectivity index (χ1v) is 2.90. The molecule has 0 aliphatic rings. The second-order valence-electron chi connectivity index (χ2n) is 2.06. The number of hydrogen-bond acceptors (Lipinski definition) is 1. The molecule has 0 saturated carbocycles. The summed E-state index contributed by atoms with van der Waals surface area (Å²) < 4.78 is 0. The minimum absolute atomic E-state index is 0.315. The van der Waals surface area contributed by atoms with E-state index in [-0.39, 0.29) is 0 Å². The summed E-state index contributed by atoms with van der Waals surface area (Å²) in [5, 5.41) is 0. The minimum Gasteiger partial charge on any atom is -0.159 e. The van der Waals surface area contributed by atoms with Gasteiger partial charge in [0.1, 0.15) is 0 Å². The van der Waals surface area contributed by atoms with Crippen LogP contribution in [0.5, 0.6) is 0 Å². The Labute approximate surface area is 59.0 Å². The van der Waals surface area contributed by atoms with Crippen molar-refractivity contribution in [3.63, 3.8) is 0 Å². The molecule has 1 aromatic carbocycles. The van der Waals surface area contributed by atoms with E-state index in [2.05, 4.69) is 6.07 Å². The van der Waals surface area contributed by atoms with E-state index in [0.717, 1.165) is 5.56 Å². The van der Waals surface area contributed by atoms with Gasteiger partial charge in [0, 0.05) is 12.1 Å². The predicted molar refractivity (Wildman–Crippen MR) is 37.5 cm³/mol. The molecule has 2 N–H and O–H groups in total. The van der Waals surface area contributed by atoms with Crippen LogP contribution in [0, 0.1) is 17.9 Å². The molecule has 0 amide bonds. The van der Waals surface area contributed by atoms with E-state index in [1.807, 2.05) is 6.92 Å². The summed E-state index contributed by atoms with van der Waals surface area (Å²) in [4.78, 5) is 10.7. The van der Waals surface area contributed by atoms with Crippen molar-refractivity contribution in [2.75, 3.05) is 0 Å². The molecule has 0 saturated heterocycles. The quantitative estimate of drug-likeness (QED) is 0.356. The van der Waals surface area contributed by atoms with Crippen LogP contribution in [0.25, 0.3) is 0 Å². The molecule has 3 nitrogen and oxygen atoms in total. The Balaban J connectivity index is 3.00. The molecule has 0 heterocycles. The van der Waals surface area contributed by atoms with Crippen LogP contribution in [0.4, 0.5) is 5.69 Å². The van der Waals surface area contributed by atoms with Crippen molar-refractivity contribution in [1.82, 2.24) is 0 Å². The van der Waals surface area contributed by atoms with Gasteiger partial charge in [-0.05, 0) is 18.6 Å². The van der Waals surface area contributed by atoms with E-state index in [1.165, 1.54) is 0 Å². The largest absolute Gasteiger partial charge is 0.292 e. The lowest BCUT2D eigenvalue weighted by molar-refractivity contribution is -0.474. The van der Waals surface area contributed by atoms with Gasteiger partial charge in [0.05, 0.1) is 4.91 Å². The average molecular weight is 136 g/mol. The van der Waals surface area contributed by atoms with Gasteiger partial charge in [-0.15, -0.1) is 0 Å². The highest BCUT2D eigenvalue weighted by Gasteiger charge is 2.05. The third-order valence-corrected chi connectivity index (χ3v) is 1.21. The molecule has 0 aromatic heterocycles. The van der Waals surface area contributed by atoms with Crippen molar-refractivity contribution in [2.45, 2.75) is 6.92 Å². The van der Waals surface area contributed by atoms with Crippen LogP contribution < -0.4 is 5.84 Å². The van der Waals surface area contributed by atoms with Gasteiger partial charge in [-0.2, -0.15) is 5.84 Å². The highest BCUT2D eigenvalue weighted by atomic mass is 16.3. The van der Waals surface area contributed by atoms with Crippen LogP contribution in [0.15, 0.2) is 18.2 Å². The van der Waals surface area contributed by atoms with Gasteiger partial charge in [-0.25, -0.2) is 0 Å². The van der Waals surface area contributed by atoms with E-state index < -0.39 is 0 Å². The van der Waals surface area contributed by atoms with Gasteiger partial charge in [-0.1, -0.05) is 6.07 Å². The van der Waals surface area contributed by atoms with Gasteiger partial charge in [0.25, 0.3) is 5.69 Å².